The molecule has 5 nitrogen and oxygen atoms in total. The van der Waals surface area contributed by atoms with E-state index in [4.69, 9.17) is 40.5 Å². The molecule has 0 radical (unpaired) electrons. The van der Waals surface area contributed by atoms with Gasteiger partial charge in [0.25, 0.3) is 0 Å². The molecule has 0 aromatic carbocycles. The van der Waals surface area contributed by atoms with Crippen LogP contribution in [0.15, 0.2) is 16.5 Å². The number of nitrogens with zero attached hydrogens (tertiary/aromatic N) is 2. The van der Waals surface area contributed by atoms with Gasteiger partial charge in [0.15, 0.2) is 3.78 Å². The summed E-state index contributed by atoms with van der Waals surface area (Å²) in [6.45, 7) is 0. The second-order valence-electron chi connectivity index (χ2n) is 2.45. The summed E-state index contributed by atoms with van der Waals surface area (Å²) in [5.41, 5.74) is 4.63. The van der Waals surface area contributed by atoms with Crippen LogP contribution in [0.5, 0.6) is 0 Å². The first-order chi connectivity index (χ1) is 6.20. The quantitative estimate of drug-likeness (QED) is 0.455. The molecule has 1 atom stereocenters. The molecule has 14 heavy (non-hydrogen) atoms. The van der Waals surface area contributed by atoms with E-state index in [0.717, 1.165) is 6.21 Å². The number of hydrogen-bond donors (Lipinski definition) is 1. The summed E-state index contributed by atoms with van der Waals surface area (Å²) in [7, 11) is 0. The second kappa shape index (κ2) is 3.52. The van der Waals surface area contributed by atoms with E-state index in [2.05, 4.69) is 20.9 Å². The zero-order valence-electron chi connectivity index (χ0n) is 6.38. The molecule has 0 aromatic heterocycles. The Balaban J connectivity index is 3.36. The maximum absolute atomic E-state index is 10.6. The minimum atomic E-state index is -1.98. The lowest BCUT2D eigenvalue weighted by Gasteiger charge is -2.29. The third-order valence-electron chi connectivity index (χ3n) is 1.51. The van der Waals surface area contributed by atoms with Crippen molar-refractivity contribution < 1.29 is 4.92 Å². The predicted octanol–water partition coefficient (Wildman–Crippen LogP) is 1.98. The smallest absolute Gasteiger partial charge is 0.326 e. The van der Waals surface area contributed by atoms with Gasteiger partial charge in [-0.25, -0.2) is 4.99 Å². The lowest BCUT2D eigenvalue weighted by molar-refractivity contribution is -0.430. The fourth-order valence-corrected chi connectivity index (χ4v) is 1.68. The standard InChI is InChI=1S/C5H3BrCl3N3O2/c6-4(7)1-11-3(10)2(12(13)14)5(4,8)9/h1H,10H2. The van der Waals surface area contributed by atoms with E-state index in [1.165, 1.54) is 0 Å². The van der Waals surface area contributed by atoms with E-state index in [9.17, 15) is 10.1 Å². The van der Waals surface area contributed by atoms with E-state index >= 15 is 0 Å². The van der Waals surface area contributed by atoms with Crippen LogP contribution in [0.3, 0.4) is 0 Å². The van der Waals surface area contributed by atoms with Gasteiger partial charge in [-0.05, 0) is 0 Å². The van der Waals surface area contributed by atoms with Gasteiger partial charge < -0.3 is 5.73 Å². The number of nitrogens with two attached hydrogens (primary N) is 1. The van der Waals surface area contributed by atoms with Crippen molar-refractivity contribution in [3.8, 4) is 0 Å². The molecule has 0 aliphatic carbocycles. The lowest BCUT2D eigenvalue weighted by atomic mass is 10.2. The Morgan fingerprint density at radius 1 is 1.57 bits per heavy atom. The molecule has 1 unspecified atom stereocenters. The lowest BCUT2D eigenvalue weighted by Crippen LogP contribution is -2.45. The van der Waals surface area contributed by atoms with Crippen LogP contribution in [-0.2, 0) is 0 Å². The molecule has 0 amide bonds. The maximum atomic E-state index is 10.6. The highest BCUT2D eigenvalue weighted by Gasteiger charge is 2.58. The molecule has 0 saturated heterocycles. The average molecular weight is 323 g/mol. The largest absolute Gasteiger partial charge is 0.378 e. The number of allylic oxidation sites excluding steroid dienone is 1. The highest BCUT2D eigenvalue weighted by Crippen LogP contribution is 2.50. The van der Waals surface area contributed by atoms with Crippen molar-refractivity contribution in [1.29, 1.82) is 0 Å². The van der Waals surface area contributed by atoms with Crippen LogP contribution in [0.2, 0.25) is 0 Å². The molecule has 1 rings (SSSR count). The van der Waals surface area contributed by atoms with E-state index in [1.54, 1.807) is 0 Å². The van der Waals surface area contributed by atoms with E-state index < -0.39 is 18.7 Å². The molecule has 0 spiro atoms. The van der Waals surface area contributed by atoms with E-state index in [1.807, 2.05) is 0 Å². The Morgan fingerprint density at radius 2 is 2.07 bits per heavy atom. The van der Waals surface area contributed by atoms with Gasteiger partial charge in [0.1, 0.15) is 0 Å². The Morgan fingerprint density at radius 3 is 2.43 bits per heavy atom. The van der Waals surface area contributed by atoms with Gasteiger partial charge in [0.2, 0.25) is 10.2 Å². The van der Waals surface area contributed by atoms with Crippen molar-refractivity contribution in [3.63, 3.8) is 0 Å². The minimum Gasteiger partial charge on any atom is -0.378 e. The van der Waals surface area contributed by atoms with Crippen molar-refractivity contribution in [1.82, 2.24) is 0 Å². The molecular weight excluding hydrogens is 320 g/mol. The summed E-state index contributed by atoms with van der Waals surface area (Å²) in [6, 6.07) is 0. The van der Waals surface area contributed by atoms with Gasteiger partial charge in [-0.3, -0.25) is 10.1 Å². The normalized spacial score (nSPS) is 30.6. The third-order valence-corrected chi connectivity index (χ3v) is 4.29. The second-order valence-corrected chi connectivity index (χ2v) is 6.08. The van der Waals surface area contributed by atoms with Gasteiger partial charge in [0, 0.05) is 6.21 Å². The maximum Gasteiger partial charge on any atom is 0.326 e. The monoisotopic (exact) mass is 321 g/mol. The van der Waals surface area contributed by atoms with Crippen LogP contribution in [0.25, 0.3) is 0 Å². The van der Waals surface area contributed by atoms with Gasteiger partial charge in [-0.2, -0.15) is 0 Å². The average Bonchev–Trinajstić information content (AvgIpc) is 1.97. The van der Waals surface area contributed by atoms with Crippen molar-refractivity contribution in [2.75, 3.05) is 0 Å². The highest BCUT2D eigenvalue weighted by molar-refractivity contribution is 9.10. The molecule has 1 aliphatic heterocycles. The molecule has 78 valence electrons. The van der Waals surface area contributed by atoms with Crippen molar-refractivity contribution >= 4 is 56.9 Å². The van der Waals surface area contributed by atoms with Crippen molar-refractivity contribution in [3.05, 3.63) is 21.6 Å². The predicted molar refractivity (Wildman–Crippen MR) is 58.6 cm³/mol. The summed E-state index contributed by atoms with van der Waals surface area (Å²) in [6.07, 6.45) is 1.09. The molecule has 1 aliphatic rings. The van der Waals surface area contributed by atoms with Crippen LogP contribution < -0.4 is 5.73 Å². The summed E-state index contributed by atoms with van der Waals surface area (Å²) in [4.78, 5) is 13.3. The summed E-state index contributed by atoms with van der Waals surface area (Å²) < 4.78 is -3.53. The van der Waals surface area contributed by atoms with Gasteiger partial charge >= 0.3 is 5.70 Å². The van der Waals surface area contributed by atoms with Crippen LogP contribution in [-0.4, -0.2) is 19.3 Å². The summed E-state index contributed by atoms with van der Waals surface area (Å²) in [5.74, 6) is -0.365. The molecule has 0 bridgehead atoms. The number of nitro groups is 1. The first-order valence-corrected chi connectivity index (χ1v) is 5.08. The van der Waals surface area contributed by atoms with Crippen LogP contribution in [0, 0.1) is 10.1 Å². The SMILES string of the molecule is NC1=C([N+](=O)[O-])C(Cl)(Cl)C(Cl)(Br)C=N1. The number of hydrogen-bond acceptors (Lipinski definition) is 4. The topological polar surface area (TPSA) is 81.5 Å². The summed E-state index contributed by atoms with van der Waals surface area (Å²) >= 11 is 20.2. The zero-order valence-corrected chi connectivity index (χ0v) is 10.2. The van der Waals surface area contributed by atoms with E-state index in [0.29, 0.717) is 0 Å². The third kappa shape index (κ3) is 1.71. The molecular formula is C5H3BrCl3N3O2. The fraction of sp³-hybridized carbons (Fsp3) is 0.400. The van der Waals surface area contributed by atoms with Crippen LogP contribution in [0.4, 0.5) is 0 Å². The van der Waals surface area contributed by atoms with Gasteiger partial charge in [-0.1, -0.05) is 50.7 Å². The van der Waals surface area contributed by atoms with Crippen molar-refractivity contribution in [2.45, 2.75) is 8.12 Å². The van der Waals surface area contributed by atoms with E-state index in [-0.39, 0.29) is 5.82 Å². The Labute approximate surface area is 102 Å². The number of halogens is 4. The molecule has 0 aromatic rings. The highest BCUT2D eigenvalue weighted by atomic mass is 79.9. The number of rotatable bonds is 1. The minimum absolute atomic E-state index is 0.365. The summed E-state index contributed by atoms with van der Waals surface area (Å²) in [5, 5.41) is 10.6. The van der Waals surface area contributed by atoms with Crippen LogP contribution in [0.1, 0.15) is 0 Å². The number of aliphatic imine (C=N–C) groups is 1. The molecule has 0 fully saturated rings. The molecule has 1 heterocycles. The molecule has 2 N–H and O–H groups in total. The fourth-order valence-electron chi connectivity index (χ4n) is 0.820. The first-order valence-electron chi connectivity index (χ1n) is 3.15. The Kier molecular flexibility index (Phi) is 3.02. The van der Waals surface area contributed by atoms with Gasteiger partial charge in [0.05, 0.1) is 4.92 Å². The molecule has 9 heteroatoms. The zero-order chi connectivity index (χ0) is 11.1. The van der Waals surface area contributed by atoms with Crippen LogP contribution >= 0.6 is 50.7 Å². The molecule has 0 saturated carbocycles. The van der Waals surface area contributed by atoms with Crippen molar-refractivity contribution in [2.24, 2.45) is 10.7 Å². The number of alkyl halides is 4. The Hall–Kier alpha value is -0.0400. The first kappa shape index (κ1) is 12.0. The Bertz CT molecular complexity index is 352. The van der Waals surface area contributed by atoms with Gasteiger partial charge in [-0.15, -0.1) is 0 Å².